The van der Waals surface area contributed by atoms with Crippen LogP contribution in [0.5, 0.6) is 0 Å². The van der Waals surface area contributed by atoms with Gasteiger partial charge in [-0.05, 0) is 5.41 Å². The molecule has 0 bridgehead atoms. The molecule has 2 heterocycles. The molecule has 2 rings (SSSR count). The molecule has 1 aromatic rings. The zero-order valence-corrected chi connectivity index (χ0v) is 12.3. The lowest BCUT2D eigenvalue weighted by Gasteiger charge is -2.26. The second-order valence-corrected chi connectivity index (χ2v) is 6.83. The molecule has 1 aliphatic rings. The predicted molar refractivity (Wildman–Crippen MR) is 74.1 cm³/mol. The molecule has 0 spiro atoms. The lowest BCUT2D eigenvalue weighted by atomic mass is 9.95. The van der Waals surface area contributed by atoms with Crippen LogP contribution in [0, 0.1) is 5.41 Å². The Morgan fingerprint density at radius 1 is 1.28 bits per heavy atom. The second kappa shape index (κ2) is 5.55. The molecule has 5 heteroatoms. The van der Waals surface area contributed by atoms with Crippen molar-refractivity contribution in [1.82, 2.24) is 9.47 Å². The molecule has 18 heavy (non-hydrogen) atoms. The first-order valence-corrected chi connectivity index (χ1v) is 7.34. The number of thiazole rings is 1. The summed E-state index contributed by atoms with van der Waals surface area (Å²) in [4.78, 5) is 4.35. The normalized spacial score (nSPS) is 18.2. The summed E-state index contributed by atoms with van der Waals surface area (Å²) in [5.41, 5.74) is 0.144. The lowest BCUT2D eigenvalue weighted by Crippen LogP contribution is -2.38. The first-order chi connectivity index (χ1) is 8.47. The quantitative estimate of drug-likeness (QED) is 0.906. The van der Waals surface area contributed by atoms with Crippen LogP contribution in [0.15, 0.2) is 6.20 Å². The maximum Gasteiger partial charge on any atom is 0.182 e. The minimum Gasteiger partial charge on any atom is -0.379 e. The first-order valence-electron chi connectivity index (χ1n) is 6.52. The van der Waals surface area contributed by atoms with E-state index < -0.39 is 0 Å². The van der Waals surface area contributed by atoms with Gasteiger partial charge in [0.2, 0.25) is 0 Å². The fourth-order valence-electron chi connectivity index (χ4n) is 1.98. The number of nitrogens with zero attached hydrogens (tertiary/aromatic N) is 2. The standard InChI is InChI=1S/C13H23N3OS/c1-13(2,3)11-10-16(12(14)18-11)5-4-15-6-8-17-9-7-15/h10,14H,4-9H2,1-3H3. The van der Waals surface area contributed by atoms with E-state index in [0.29, 0.717) is 4.80 Å². The number of nitrogens with one attached hydrogen (secondary N) is 1. The average Bonchev–Trinajstić information content (AvgIpc) is 2.69. The third kappa shape index (κ3) is 3.43. The van der Waals surface area contributed by atoms with Crippen LogP contribution in [-0.4, -0.2) is 42.3 Å². The molecule has 0 aromatic carbocycles. The Morgan fingerprint density at radius 3 is 2.50 bits per heavy atom. The Kier molecular flexibility index (Phi) is 4.25. The molecule has 0 aliphatic carbocycles. The molecule has 4 nitrogen and oxygen atoms in total. The van der Waals surface area contributed by atoms with Gasteiger partial charge in [-0.3, -0.25) is 10.3 Å². The Balaban J connectivity index is 1.97. The fraction of sp³-hybridized carbons (Fsp3) is 0.769. The van der Waals surface area contributed by atoms with E-state index in [1.54, 1.807) is 11.3 Å². The van der Waals surface area contributed by atoms with E-state index in [2.05, 4.69) is 36.4 Å². The van der Waals surface area contributed by atoms with Crippen LogP contribution < -0.4 is 4.80 Å². The van der Waals surface area contributed by atoms with E-state index in [1.807, 2.05) is 0 Å². The minimum atomic E-state index is 0.144. The highest BCUT2D eigenvalue weighted by molar-refractivity contribution is 7.09. The maximum atomic E-state index is 8.03. The highest BCUT2D eigenvalue weighted by Crippen LogP contribution is 2.24. The van der Waals surface area contributed by atoms with Gasteiger partial charge >= 0.3 is 0 Å². The van der Waals surface area contributed by atoms with E-state index in [4.69, 9.17) is 10.1 Å². The van der Waals surface area contributed by atoms with Gasteiger partial charge in [0, 0.05) is 37.3 Å². The van der Waals surface area contributed by atoms with Crippen molar-refractivity contribution in [3.8, 4) is 0 Å². The predicted octanol–water partition coefficient (Wildman–Crippen LogP) is 1.66. The van der Waals surface area contributed by atoms with E-state index in [-0.39, 0.29) is 5.41 Å². The second-order valence-electron chi connectivity index (χ2n) is 5.80. The van der Waals surface area contributed by atoms with Gasteiger partial charge < -0.3 is 9.30 Å². The number of hydrogen-bond donors (Lipinski definition) is 1. The zero-order valence-electron chi connectivity index (χ0n) is 11.5. The Morgan fingerprint density at radius 2 is 1.94 bits per heavy atom. The van der Waals surface area contributed by atoms with Crippen molar-refractivity contribution in [3.05, 3.63) is 15.9 Å². The van der Waals surface area contributed by atoms with Crippen LogP contribution in [0.2, 0.25) is 0 Å². The molecule has 1 fully saturated rings. The maximum absolute atomic E-state index is 8.03. The van der Waals surface area contributed by atoms with E-state index in [1.165, 1.54) is 4.88 Å². The van der Waals surface area contributed by atoms with Crippen molar-refractivity contribution in [3.63, 3.8) is 0 Å². The number of ether oxygens (including phenoxy) is 1. The number of aromatic nitrogens is 1. The molecule has 1 saturated heterocycles. The molecule has 0 saturated carbocycles. The molecule has 1 N–H and O–H groups in total. The van der Waals surface area contributed by atoms with Crippen molar-refractivity contribution < 1.29 is 4.74 Å². The third-order valence-electron chi connectivity index (χ3n) is 3.24. The number of hydrogen-bond acceptors (Lipinski definition) is 4. The van der Waals surface area contributed by atoms with Crippen molar-refractivity contribution in [2.75, 3.05) is 32.8 Å². The molecule has 0 unspecified atom stereocenters. The summed E-state index contributed by atoms with van der Waals surface area (Å²) in [6.45, 7) is 12.2. The van der Waals surface area contributed by atoms with E-state index >= 15 is 0 Å². The summed E-state index contributed by atoms with van der Waals surface area (Å²) in [5.74, 6) is 0. The van der Waals surface area contributed by atoms with Gasteiger partial charge in [0.05, 0.1) is 13.2 Å². The molecule has 1 aliphatic heterocycles. The van der Waals surface area contributed by atoms with Gasteiger partial charge in [0.25, 0.3) is 0 Å². The highest BCUT2D eigenvalue weighted by Gasteiger charge is 2.17. The summed E-state index contributed by atoms with van der Waals surface area (Å²) in [6, 6.07) is 0. The van der Waals surface area contributed by atoms with Gasteiger partial charge in [-0.2, -0.15) is 0 Å². The minimum absolute atomic E-state index is 0.144. The van der Waals surface area contributed by atoms with Crippen LogP contribution in [-0.2, 0) is 16.7 Å². The first kappa shape index (κ1) is 13.8. The van der Waals surface area contributed by atoms with Crippen molar-refractivity contribution >= 4 is 11.3 Å². The molecular weight excluding hydrogens is 246 g/mol. The Labute approximate surface area is 113 Å². The monoisotopic (exact) mass is 269 g/mol. The Bertz CT molecular complexity index is 438. The molecule has 0 radical (unpaired) electrons. The fourth-order valence-corrected chi connectivity index (χ4v) is 2.93. The average molecular weight is 269 g/mol. The summed E-state index contributed by atoms with van der Waals surface area (Å²) in [7, 11) is 0. The van der Waals surface area contributed by atoms with Crippen LogP contribution in [0.4, 0.5) is 0 Å². The lowest BCUT2D eigenvalue weighted by molar-refractivity contribution is 0.0363. The summed E-state index contributed by atoms with van der Waals surface area (Å²) < 4.78 is 7.41. The van der Waals surface area contributed by atoms with Crippen LogP contribution in [0.1, 0.15) is 25.6 Å². The SMILES string of the molecule is CC(C)(C)c1cn(CCN2CCOCC2)c(=N)s1. The summed E-state index contributed by atoms with van der Waals surface area (Å²) in [5, 5.41) is 8.03. The summed E-state index contributed by atoms with van der Waals surface area (Å²) in [6.07, 6.45) is 2.15. The van der Waals surface area contributed by atoms with E-state index in [9.17, 15) is 0 Å². The molecular formula is C13H23N3OS. The molecule has 1 aromatic heterocycles. The smallest absolute Gasteiger partial charge is 0.182 e. The van der Waals surface area contributed by atoms with Gasteiger partial charge in [0.1, 0.15) is 0 Å². The third-order valence-corrected chi connectivity index (χ3v) is 4.61. The van der Waals surface area contributed by atoms with Crippen molar-refractivity contribution in [1.29, 1.82) is 5.41 Å². The van der Waals surface area contributed by atoms with Crippen LogP contribution in [0.3, 0.4) is 0 Å². The molecule has 0 amide bonds. The number of rotatable bonds is 3. The molecule has 0 atom stereocenters. The van der Waals surface area contributed by atoms with Gasteiger partial charge in [-0.1, -0.05) is 20.8 Å². The number of morpholine rings is 1. The van der Waals surface area contributed by atoms with Crippen LogP contribution in [0.25, 0.3) is 0 Å². The van der Waals surface area contributed by atoms with Gasteiger partial charge in [-0.15, -0.1) is 11.3 Å². The van der Waals surface area contributed by atoms with Crippen LogP contribution >= 0.6 is 11.3 Å². The van der Waals surface area contributed by atoms with Crippen molar-refractivity contribution in [2.24, 2.45) is 0 Å². The zero-order chi connectivity index (χ0) is 13.2. The largest absolute Gasteiger partial charge is 0.379 e. The highest BCUT2D eigenvalue weighted by atomic mass is 32.1. The molecule has 102 valence electrons. The Hall–Kier alpha value is -0.650. The van der Waals surface area contributed by atoms with E-state index in [0.717, 1.165) is 39.4 Å². The van der Waals surface area contributed by atoms with Crippen molar-refractivity contribution in [2.45, 2.75) is 32.7 Å². The van der Waals surface area contributed by atoms with Gasteiger partial charge in [0.15, 0.2) is 4.80 Å². The summed E-state index contributed by atoms with van der Waals surface area (Å²) >= 11 is 1.59. The topological polar surface area (TPSA) is 41.2 Å². The van der Waals surface area contributed by atoms with Gasteiger partial charge in [-0.25, -0.2) is 0 Å².